The summed E-state index contributed by atoms with van der Waals surface area (Å²) in [5, 5.41) is 1.01. The molecule has 1 atom stereocenters. The molecule has 0 spiro atoms. The number of rotatable bonds is 1. The monoisotopic (exact) mass is 342 g/mol. The Morgan fingerprint density at radius 1 is 1.44 bits per heavy atom. The van der Waals surface area contributed by atoms with Crippen LogP contribution in [0.5, 0.6) is 0 Å². The first kappa shape index (κ1) is 10.5. The van der Waals surface area contributed by atoms with E-state index in [0.29, 0.717) is 5.92 Å². The first-order valence-electron chi connectivity index (χ1n) is 5.25. The van der Waals surface area contributed by atoms with Gasteiger partial charge < -0.3 is 3.53 Å². The first-order chi connectivity index (χ1) is 7.79. The predicted molar refractivity (Wildman–Crippen MR) is 77.3 cm³/mol. The number of thiazole rings is 1. The Labute approximate surface area is 113 Å². The standard InChI is InChI=1S/C12H11IN2S/c1-7-6-10-11(14-12(15-13)16-10)9-5-3-2-4-8(7)9/h2-5,7H,6H2,1H3,(H,14,15). The van der Waals surface area contributed by atoms with Gasteiger partial charge in [0.1, 0.15) is 0 Å². The minimum Gasteiger partial charge on any atom is -0.304 e. The van der Waals surface area contributed by atoms with Crippen molar-refractivity contribution in [3.05, 3.63) is 34.7 Å². The quantitative estimate of drug-likeness (QED) is 0.620. The Hall–Kier alpha value is -0.620. The van der Waals surface area contributed by atoms with Gasteiger partial charge in [-0.1, -0.05) is 31.2 Å². The van der Waals surface area contributed by atoms with Gasteiger partial charge >= 0.3 is 0 Å². The number of hydrogen-bond donors (Lipinski definition) is 1. The number of benzene rings is 1. The lowest BCUT2D eigenvalue weighted by Crippen LogP contribution is -2.06. The Bertz CT molecular complexity index is 536. The topological polar surface area (TPSA) is 24.9 Å². The summed E-state index contributed by atoms with van der Waals surface area (Å²) in [7, 11) is 0. The summed E-state index contributed by atoms with van der Waals surface area (Å²) in [4.78, 5) is 6.05. The van der Waals surface area contributed by atoms with Crippen molar-refractivity contribution in [2.24, 2.45) is 0 Å². The summed E-state index contributed by atoms with van der Waals surface area (Å²) in [5.74, 6) is 0.603. The number of halogens is 1. The van der Waals surface area contributed by atoms with E-state index in [1.807, 2.05) is 0 Å². The van der Waals surface area contributed by atoms with Crippen LogP contribution in [0.1, 0.15) is 23.3 Å². The lowest BCUT2D eigenvalue weighted by molar-refractivity contribution is 0.757. The summed E-state index contributed by atoms with van der Waals surface area (Å²) in [6, 6.07) is 8.61. The highest BCUT2D eigenvalue weighted by molar-refractivity contribution is 14.1. The molecule has 1 aromatic carbocycles. The maximum atomic E-state index is 4.64. The number of nitrogens with one attached hydrogen (secondary N) is 1. The number of fused-ring (bicyclic) bond motifs is 3. The fourth-order valence-electron chi connectivity index (χ4n) is 2.27. The molecule has 0 bridgehead atoms. The minimum absolute atomic E-state index is 0.603. The zero-order chi connectivity index (χ0) is 11.1. The van der Waals surface area contributed by atoms with Gasteiger partial charge in [0.2, 0.25) is 0 Å². The maximum Gasteiger partial charge on any atom is 0.192 e. The number of hydrogen-bond acceptors (Lipinski definition) is 3. The van der Waals surface area contributed by atoms with Gasteiger partial charge in [-0.05, 0) is 17.9 Å². The molecule has 2 nitrogen and oxygen atoms in total. The van der Waals surface area contributed by atoms with Crippen LogP contribution in [-0.4, -0.2) is 4.98 Å². The molecular formula is C12H11IN2S. The van der Waals surface area contributed by atoms with Crippen molar-refractivity contribution in [1.29, 1.82) is 0 Å². The van der Waals surface area contributed by atoms with Crippen molar-refractivity contribution in [3.63, 3.8) is 0 Å². The van der Waals surface area contributed by atoms with Crippen LogP contribution in [0.4, 0.5) is 5.13 Å². The van der Waals surface area contributed by atoms with Crippen LogP contribution in [0.15, 0.2) is 24.3 Å². The zero-order valence-electron chi connectivity index (χ0n) is 8.83. The van der Waals surface area contributed by atoms with Crippen molar-refractivity contribution in [2.45, 2.75) is 19.3 Å². The van der Waals surface area contributed by atoms with Crippen molar-refractivity contribution >= 4 is 39.3 Å². The molecule has 4 heteroatoms. The Morgan fingerprint density at radius 2 is 2.25 bits per heavy atom. The van der Waals surface area contributed by atoms with Crippen LogP contribution >= 0.6 is 34.2 Å². The Morgan fingerprint density at radius 3 is 3.06 bits per heavy atom. The molecule has 0 saturated heterocycles. The average Bonchev–Trinajstić information content (AvgIpc) is 2.72. The molecule has 1 aliphatic rings. The van der Waals surface area contributed by atoms with Crippen LogP contribution in [0.25, 0.3) is 11.3 Å². The van der Waals surface area contributed by atoms with Gasteiger partial charge in [-0.3, -0.25) is 0 Å². The molecule has 1 heterocycles. The fourth-order valence-corrected chi connectivity index (χ4v) is 3.72. The Balaban J connectivity index is 2.22. The molecule has 16 heavy (non-hydrogen) atoms. The second-order valence-corrected chi connectivity index (χ2v) is 5.70. The van der Waals surface area contributed by atoms with E-state index in [1.165, 1.54) is 21.7 Å². The van der Waals surface area contributed by atoms with Gasteiger partial charge in [0, 0.05) is 10.4 Å². The number of aromatic nitrogens is 1. The van der Waals surface area contributed by atoms with Gasteiger partial charge in [-0.15, -0.1) is 11.3 Å². The number of anilines is 1. The summed E-state index contributed by atoms with van der Waals surface area (Å²) in [6.45, 7) is 2.29. The van der Waals surface area contributed by atoms with E-state index < -0.39 is 0 Å². The van der Waals surface area contributed by atoms with Crippen molar-refractivity contribution in [1.82, 2.24) is 4.98 Å². The van der Waals surface area contributed by atoms with Gasteiger partial charge in [-0.2, -0.15) is 0 Å². The second-order valence-electron chi connectivity index (χ2n) is 4.08. The summed E-state index contributed by atoms with van der Waals surface area (Å²) < 4.78 is 3.11. The predicted octanol–water partition coefficient (Wildman–Crippen LogP) is 4.23. The summed E-state index contributed by atoms with van der Waals surface area (Å²) in [5.41, 5.74) is 3.92. The molecule has 0 fully saturated rings. The third kappa shape index (κ3) is 1.55. The van der Waals surface area contributed by atoms with Gasteiger partial charge in [0.15, 0.2) is 5.13 Å². The lowest BCUT2D eigenvalue weighted by atomic mass is 9.86. The van der Waals surface area contributed by atoms with Crippen LogP contribution in [0.3, 0.4) is 0 Å². The van der Waals surface area contributed by atoms with E-state index in [9.17, 15) is 0 Å². The zero-order valence-corrected chi connectivity index (χ0v) is 11.8. The summed E-state index contributed by atoms with van der Waals surface area (Å²) >= 11 is 3.91. The lowest BCUT2D eigenvalue weighted by Gasteiger charge is -2.20. The van der Waals surface area contributed by atoms with Crippen LogP contribution in [0.2, 0.25) is 0 Å². The molecule has 2 aromatic rings. The van der Waals surface area contributed by atoms with Crippen LogP contribution in [-0.2, 0) is 6.42 Å². The molecule has 1 N–H and O–H groups in total. The van der Waals surface area contributed by atoms with Gasteiger partial charge in [0.25, 0.3) is 0 Å². The van der Waals surface area contributed by atoms with E-state index in [0.717, 1.165) is 11.6 Å². The third-order valence-corrected chi connectivity index (χ3v) is 4.89. The average molecular weight is 342 g/mol. The summed E-state index contributed by atoms with van der Waals surface area (Å²) in [6.07, 6.45) is 1.11. The molecule has 3 rings (SSSR count). The van der Waals surface area contributed by atoms with E-state index in [1.54, 1.807) is 11.3 Å². The van der Waals surface area contributed by atoms with E-state index in [4.69, 9.17) is 0 Å². The Kier molecular flexibility index (Phi) is 2.63. The smallest absolute Gasteiger partial charge is 0.192 e. The fraction of sp³-hybridized carbons (Fsp3) is 0.250. The first-order valence-corrected chi connectivity index (χ1v) is 7.14. The molecular weight excluding hydrogens is 331 g/mol. The van der Waals surface area contributed by atoms with Crippen LogP contribution in [0, 0.1) is 0 Å². The van der Waals surface area contributed by atoms with Gasteiger partial charge in [0.05, 0.1) is 28.6 Å². The highest BCUT2D eigenvalue weighted by Crippen LogP contribution is 2.42. The molecule has 1 aliphatic carbocycles. The number of nitrogens with zero attached hydrogens (tertiary/aromatic N) is 1. The molecule has 0 amide bonds. The molecule has 82 valence electrons. The highest BCUT2D eigenvalue weighted by Gasteiger charge is 2.24. The SMILES string of the molecule is CC1Cc2sc(NI)nc2-c2ccccc21. The van der Waals surface area contributed by atoms with Crippen LogP contribution < -0.4 is 3.53 Å². The van der Waals surface area contributed by atoms with Gasteiger partial charge in [-0.25, -0.2) is 4.98 Å². The minimum atomic E-state index is 0.603. The molecule has 1 unspecified atom stereocenters. The van der Waals surface area contributed by atoms with E-state index >= 15 is 0 Å². The maximum absolute atomic E-state index is 4.64. The van der Waals surface area contributed by atoms with E-state index in [-0.39, 0.29) is 0 Å². The second kappa shape index (κ2) is 4.00. The normalized spacial score (nSPS) is 17.8. The van der Waals surface area contributed by atoms with Crippen molar-refractivity contribution in [3.8, 4) is 11.3 Å². The molecule has 0 radical (unpaired) electrons. The molecule has 1 aromatic heterocycles. The molecule has 0 aliphatic heterocycles. The van der Waals surface area contributed by atoms with Crippen molar-refractivity contribution in [2.75, 3.05) is 3.53 Å². The highest BCUT2D eigenvalue weighted by atomic mass is 127. The molecule has 0 saturated carbocycles. The third-order valence-electron chi connectivity index (χ3n) is 3.02. The van der Waals surface area contributed by atoms with E-state index in [2.05, 4.69) is 62.6 Å². The largest absolute Gasteiger partial charge is 0.304 e. The van der Waals surface area contributed by atoms with Crippen molar-refractivity contribution < 1.29 is 0 Å².